The van der Waals surface area contributed by atoms with Crippen LogP contribution in [0.25, 0.3) is 10.2 Å². The lowest BCUT2D eigenvalue weighted by atomic mass is 9.84. The Morgan fingerprint density at radius 3 is 2.52 bits per heavy atom. The van der Waals surface area contributed by atoms with E-state index >= 15 is 0 Å². The van der Waals surface area contributed by atoms with E-state index in [2.05, 4.69) is 9.88 Å². The first-order valence-corrected chi connectivity index (χ1v) is 12.2. The van der Waals surface area contributed by atoms with E-state index in [0.29, 0.717) is 16.3 Å². The summed E-state index contributed by atoms with van der Waals surface area (Å²) in [7, 11) is -1.36. The number of nitrogens with zero attached hydrogens (tertiary/aromatic N) is 3. The van der Waals surface area contributed by atoms with Gasteiger partial charge in [0.2, 0.25) is 5.91 Å². The second-order valence-electron chi connectivity index (χ2n) is 7.67. The number of hydrogen-bond acceptors (Lipinski definition) is 6. The summed E-state index contributed by atoms with van der Waals surface area (Å²) in [6, 6.07) is 5.60. The molecule has 0 spiro atoms. The molecule has 0 atom stereocenters. The van der Waals surface area contributed by atoms with Gasteiger partial charge in [-0.25, -0.2) is 13.4 Å². The van der Waals surface area contributed by atoms with E-state index in [1.807, 2.05) is 18.0 Å². The van der Waals surface area contributed by atoms with E-state index in [4.69, 9.17) is 0 Å². The van der Waals surface area contributed by atoms with Crippen molar-refractivity contribution < 1.29 is 13.2 Å². The number of hydrogen-bond donors (Lipinski definition) is 0. The topological polar surface area (TPSA) is 70.6 Å². The van der Waals surface area contributed by atoms with E-state index < -0.39 is 9.84 Å². The maximum Gasteiger partial charge on any atom is 0.225 e. The number of para-hydroxylation sites is 1. The normalized spacial score (nSPS) is 19.3. The molecule has 6 nitrogen and oxygen atoms in total. The first-order chi connectivity index (χ1) is 12.8. The zero-order chi connectivity index (χ0) is 19.2. The quantitative estimate of drug-likeness (QED) is 0.779. The van der Waals surface area contributed by atoms with Crippen LogP contribution < -0.4 is 4.90 Å². The maximum atomic E-state index is 12.5. The van der Waals surface area contributed by atoms with Crippen molar-refractivity contribution in [1.29, 1.82) is 0 Å². The highest BCUT2D eigenvalue weighted by Gasteiger charge is 2.33. The van der Waals surface area contributed by atoms with Crippen LogP contribution in [0.2, 0.25) is 0 Å². The molecule has 1 saturated heterocycles. The predicted molar refractivity (Wildman–Crippen MR) is 108 cm³/mol. The van der Waals surface area contributed by atoms with Crippen molar-refractivity contribution in [3.05, 3.63) is 18.2 Å². The van der Waals surface area contributed by atoms with Gasteiger partial charge in [-0.15, -0.1) is 0 Å². The van der Waals surface area contributed by atoms with Gasteiger partial charge in [-0.05, 0) is 37.8 Å². The Kier molecular flexibility index (Phi) is 4.88. The summed E-state index contributed by atoms with van der Waals surface area (Å²) in [5, 5.41) is 0.868. The summed E-state index contributed by atoms with van der Waals surface area (Å²) in [5.74, 6) is 0.546. The number of anilines is 1. The van der Waals surface area contributed by atoms with E-state index in [9.17, 15) is 13.2 Å². The molecule has 0 bridgehead atoms. The number of amides is 1. The molecule has 27 heavy (non-hydrogen) atoms. The zero-order valence-electron chi connectivity index (χ0n) is 15.7. The summed E-state index contributed by atoms with van der Waals surface area (Å²) < 4.78 is 24.9. The second-order valence-corrected chi connectivity index (χ2v) is 10.7. The van der Waals surface area contributed by atoms with E-state index in [1.54, 1.807) is 12.1 Å². The summed E-state index contributed by atoms with van der Waals surface area (Å²) >= 11 is 1.54. The van der Waals surface area contributed by atoms with Crippen LogP contribution in [-0.2, 0) is 14.6 Å². The molecule has 0 radical (unpaired) electrons. The number of piperidine rings is 1. The van der Waals surface area contributed by atoms with E-state index in [1.165, 1.54) is 24.0 Å². The smallest absolute Gasteiger partial charge is 0.225 e. The fraction of sp³-hybridized carbons (Fsp3) is 0.579. The van der Waals surface area contributed by atoms with Gasteiger partial charge in [-0.1, -0.05) is 23.8 Å². The van der Waals surface area contributed by atoms with Gasteiger partial charge >= 0.3 is 0 Å². The molecule has 146 valence electrons. The molecule has 8 heteroatoms. The predicted octanol–water partition coefficient (Wildman–Crippen LogP) is 2.93. The van der Waals surface area contributed by atoms with Gasteiger partial charge in [0.05, 0.1) is 9.60 Å². The number of thiazole rings is 1. The van der Waals surface area contributed by atoms with Crippen LogP contribution in [0.5, 0.6) is 0 Å². The molecule has 2 aromatic rings. The standard InChI is InChI=1S/C19H25N3O3S2/c1-21(18(23)13-5-3-6-13)14-9-11-22(12-10-14)19-20-17-15(26-19)7-4-8-16(17)27(2,24)25/h4,7-8,13-14H,3,5-6,9-12H2,1-2H3. The molecule has 1 aromatic heterocycles. The average Bonchev–Trinajstić information content (AvgIpc) is 3.02. The van der Waals surface area contributed by atoms with E-state index in [-0.39, 0.29) is 12.0 Å². The fourth-order valence-electron chi connectivity index (χ4n) is 3.91. The molecule has 1 aliphatic carbocycles. The Labute approximate surface area is 164 Å². The Morgan fingerprint density at radius 1 is 1.22 bits per heavy atom. The van der Waals surface area contributed by atoms with Gasteiger partial charge in [-0.3, -0.25) is 4.79 Å². The van der Waals surface area contributed by atoms with Crippen molar-refractivity contribution in [2.45, 2.75) is 43.0 Å². The minimum absolute atomic E-state index is 0.242. The van der Waals surface area contributed by atoms with Crippen LogP contribution in [0.3, 0.4) is 0 Å². The number of aromatic nitrogens is 1. The van der Waals surface area contributed by atoms with Crippen molar-refractivity contribution in [3.63, 3.8) is 0 Å². The number of carbonyl (C=O) groups excluding carboxylic acids is 1. The van der Waals surface area contributed by atoms with Gasteiger partial charge in [0.25, 0.3) is 0 Å². The van der Waals surface area contributed by atoms with Crippen molar-refractivity contribution in [3.8, 4) is 0 Å². The van der Waals surface area contributed by atoms with Crippen LogP contribution in [0, 0.1) is 5.92 Å². The zero-order valence-corrected chi connectivity index (χ0v) is 17.4. The van der Waals surface area contributed by atoms with Gasteiger partial charge in [0, 0.05) is 38.4 Å². The monoisotopic (exact) mass is 407 g/mol. The van der Waals surface area contributed by atoms with Gasteiger partial charge < -0.3 is 9.80 Å². The highest BCUT2D eigenvalue weighted by Crippen LogP contribution is 2.35. The molecule has 4 rings (SSSR count). The Morgan fingerprint density at radius 2 is 1.93 bits per heavy atom. The molecule has 1 aliphatic heterocycles. The Bertz CT molecular complexity index is 958. The van der Waals surface area contributed by atoms with Crippen molar-refractivity contribution in [1.82, 2.24) is 9.88 Å². The fourth-order valence-corrected chi connectivity index (χ4v) is 5.85. The second kappa shape index (κ2) is 7.05. The third kappa shape index (κ3) is 3.57. The third-order valence-corrected chi connectivity index (χ3v) is 8.06. The largest absolute Gasteiger partial charge is 0.348 e. The van der Waals surface area contributed by atoms with Crippen LogP contribution in [0.15, 0.2) is 23.1 Å². The first kappa shape index (κ1) is 18.7. The molecular weight excluding hydrogens is 382 g/mol. The van der Waals surface area contributed by atoms with Crippen molar-refractivity contribution >= 4 is 42.4 Å². The van der Waals surface area contributed by atoms with Gasteiger partial charge in [-0.2, -0.15) is 0 Å². The molecule has 0 N–H and O–H groups in total. The Balaban J connectivity index is 1.47. The van der Waals surface area contributed by atoms with Crippen LogP contribution >= 0.6 is 11.3 Å². The SMILES string of the molecule is CN(C(=O)C1CCC1)C1CCN(c2nc3c(S(C)(=O)=O)cccc3s2)CC1. The first-order valence-electron chi connectivity index (χ1n) is 9.46. The molecule has 1 amide bonds. The van der Waals surface area contributed by atoms with Crippen LogP contribution in [0.1, 0.15) is 32.1 Å². The lowest BCUT2D eigenvalue weighted by Gasteiger charge is -2.39. The lowest BCUT2D eigenvalue weighted by Crippen LogP contribution is -2.48. The molecule has 1 aromatic carbocycles. The van der Waals surface area contributed by atoms with Crippen molar-refractivity contribution in [2.75, 3.05) is 31.3 Å². The van der Waals surface area contributed by atoms with Crippen molar-refractivity contribution in [2.24, 2.45) is 5.92 Å². The Hall–Kier alpha value is -1.67. The molecule has 2 fully saturated rings. The average molecular weight is 408 g/mol. The lowest BCUT2D eigenvalue weighted by molar-refractivity contribution is -0.139. The van der Waals surface area contributed by atoms with E-state index in [0.717, 1.165) is 48.6 Å². The van der Waals surface area contributed by atoms with Crippen LogP contribution in [0.4, 0.5) is 5.13 Å². The number of rotatable bonds is 4. The summed E-state index contributed by atoms with van der Waals surface area (Å²) in [6.07, 6.45) is 6.32. The molecule has 0 unspecified atom stereocenters. The summed E-state index contributed by atoms with van der Waals surface area (Å²) in [6.45, 7) is 1.67. The minimum Gasteiger partial charge on any atom is -0.348 e. The number of carbonyl (C=O) groups is 1. The summed E-state index contributed by atoms with van der Waals surface area (Å²) in [5.41, 5.74) is 0.569. The number of sulfone groups is 1. The molecule has 2 heterocycles. The molecular formula is C19H25N3O3S2. The molecule has 2 aliphatic rings. The minimum atomic E-state index is -3.30. The number of fused-ring (bicyclic) bond motifs is 1. The summed E-state index contributed by atoms with van der Waals surface area (Å²) in [4.78, 5) is 21.6. The van der Waals surface area contributed by atoms with Crippen LogP contribution in [-0.4, -0.2) is 56.6 Å². The highest BCUT2D eigenvalue weighted by molar-refractivity contribution is 7.91. The number of benzene rings is 1. The van der Waals surface area contributed by atoms with Gasteiger partial charge in [0.15, 0.2) is 15.0 Å². The third-order valence-electron chi connectivity index (χ3n) is 5.85. The van der Waals surface area contributed by atoms with Gasteiger partial charge in [0.1, 0.15) is 5.52 Å². The maximum absolute atomic E-state index is 12.5. The molecule has 1 saturated carbocycles. The highest BCUT2D eigenvalue weighted by atomic mass is 32.2.